The highest BCUT2D eigenvalue weighted by Crippen LogP contribution is 2.58. The Labute approximate surface area is 171 Å². The van der Waals surface area contributed by atoms with Crippen molar-refractivity contribution in [1.29, 1.82) is 0 Å². The summed E-state index contributed by atoms with van der Waals surface area (Å²) in [5.74, 6) is -0.606. The molecule has 4 aliphatic rings. The molecule has 2 atom stereocenters. The van der Waals surface area contributed by atoms with Gasteiger partial charge in [-0.05, 0) is 63.0 Å². The van der Waals surface area contributed by atoms with Crippen molar-refractivity contribution in [3.63, 3.8) is 0 Å². The van der Waals surface area contributed by atoms with Crippen molar-refractivity contribution in [3.8, 4) is 10.4 Å². The summed E-state index contributed by atoms with van der Waals surface area (Å²) in [6.07, 6.45) is 5.95. The summed E-state index contributed by atoms with van der Waals surface area (Å²) in [6.45, 7) is 2.47. The van der Waals surface area contributed by atoms with Crippen LogP contribution in [0.3, 0.4) is 0 Å². The number of ketones is 1. The summed E-state index contributed by atoms with van der Waals surface area (Å²) in [7, 11) is 0. The van der Waals surface area contributed by atoms with Crippen LogP contribution in [0.1, 0.15) is 39.0 Å². The van der Waals surface area contributed by atoms with Crippen LogP contribution in [0.15, 0.2) is 29.4 Å². The summed E-state index contributed by atoms with van der Waals surface area (Å²) in [6, 6.07) is 3.45. The van der Waals surface area contributed by atoms with E-state index in [1.165, 1.54) is 23.5 Å². The molecule has 4 bridgehead atoms. The van der Waals surface area contributed by atoms with E-state index in [4.69, 9.17) is 0 Å². The van der Waals surface area contributed by atoms with Gasteiger partial charge in [0.25, 0.3) is 5.91 Å². The molecular weight excluding hydrogens is 394 g/mol. The first kappa shape index (κ1) is 18.9. The van der Waals surface area contributed by atoms with E-state index >= 15 is 0 Å². The Morgan fingerprint density at radius 2 is 1.97 bits per heavy atom. The molecule has 29 heavy (non-hydrogen) atoms. The lowest BCUT2D eigenvalue weighted by atomic mass is 9.48. The molecule has 4 nitrogen and oxygen atoms in total. The second-order valence-electron chi connectivity index (χ2n) is 8.70. The second-order valence-corrected chi connectivity index (χ2v) is 9.70. The summed E-state index contributed by atoms with van der Waals surface area (Å²) < 4.78 is 29.2. The molecular formula is C22H22F2N2O2S. The van der Waals surface area contributed by atoms with Crippen molar-refractivity contribution in [1.82, 2.24) is 4.57 Å². The number of nitrogens with zero attached hydrogens (tertiary/aromatic N) is 2. The van der Waals surface area contributed by atoms with Crippen molar-refractivity contribution in [2.24, 2.45) is 28.2 Å². The maximum absolute atomic E-state index is 14.2. The highest BCUT2D eigenvalue weighted by molar-refractivity contribution is 7.12. The fraction of sp³-hybridized carbons (Fsp3) is 0.500. The third-order valence-corrected chi connectivity index (χ3v) is 7.94. The summed E-state index contributed by atoms with van der Waals surface area (Å²) in [4.78, 5) is 31.7. The Hall–Kier alpha value is -2.15. The maximum Gasteiger partial charge on any atom is 0.262 e. The average Bonchev–Trinajstić information content (AvgIpc) is 3.07. The Balaban J connectivity index is 1.55. The quantitative estimate of drug-likeness (QED) is 0.699. The predicted molar refractivity (Wildman–Crippen MR) is 105 cm³/mol. The normalized spacial score (nSPS) is 30.9. The van der Waals surface area contributed by atoms with Crippen LogP contribution in [0.5, 0.6) is 0 Å². The number of carbonyl (C=O) groups excluding carboxylic acids is 2. The third kappa shape index (κ3) is 2.93. The van der Waals surface area contributed by atoms with Gasteiger partial charge >= 0.3 is 0 Å². The van der Waals surface area contributed by atoms with Crippen LogP contribution in [0.25, 0.3) is 10.4 Å². The number of carbonyl (C=O) groups is 2. The van der Waals surface area contributed by atoms with E-state index in [2.05, 4.69) is 4.99 Å². The third-order valence-electron chi connectivity index (χ3n) is 6.88. The fourth-order valence-electron chi connectivity index (χ4n) is 5.75. The molecule has 6 rings (SSSR count). The van der Waals surface area contributed by atoms with Gasteiger partial charge in [0.05, 0.1) is 4.88 Å². The molecule has 4 fully saturated rings. The van der Waals surface area contributed by atoms with Crippen LogP contribution in [-0.4, -0.2) is 16.3 Å². The first-order chi connectivity index (χ1) is 13.9. The van der Waals surface area contributed by atoms with Crippen LogP contribution in [-0.2, 0) is 16.1 Å². The van der Waals surface area contributed by atoms with Crippen molar-refractivity contribution < 1.29 is 18.4 Å². The number of halogens is 2. The van der Waals surface area contributed by atoms with E-state index in [1.54, 1.807) is 10.8 Å². The van der Waals surface area contributed by atoms with Crippen molar-refractivity contribution in [3.05, 3.63) is 40.8 Å². The molecule has 4 aliphatic carbocycles. The van der Waals surface area contributed by atoms with Gasteiger partial charge in [0.1, 0.15) is 17.0 Å². The molecule has 7 heteroatoms. The zero-order valence-corrected chi connectivity index (χ0v) is 17.0. The monoisotopic (exact) mass is 416 g/mol. The van der Waals surface area contributed by atoms with Gasteiger partial charge in [-0.2, -0.15) is 4.99 Å². The molecule has 0 N–H and O–H groups in total. The maximum atomic E-state index is 14.2. The number of aryl methyl sites for hydroxylation is 1. The highest BCUT2D eigenvalue weighted by Gasteiger charge is 2.60. The fourth-order valence-corrected chi connectivity index (χ4v) is 6.83. The lowest BCUT2D eigenvalue weighted by Gasteiger charge is -2.53. The molecule has 0 aliphatic heterocycles. The van der Waals surface area contributed by atoms with Gasteiger partial charge in [-0.15, -0.1) is 0 Å². The lowest BCUT2D eigenvalue weighted by molar-refractivity contribution is -0.160. The van der Waals surface area contributed by atoms with E-state index in [-0.39, 0.29) is 23.2 Å². The van der Waals surface area contributed by atoms with Gasteiger partial charge < -0.3 is 4.57 Å². The number of hydrogen-bond acceptors (Lipinski definition) is 3. The number of thiazole rings is 1. The number of Topliss-reactive ketones (excluding diaryl/α,β-unsaturated/α-hetero) is 1. The molecule has 1 aromatic carbocycles. The first-order valence-electron chi connectivity index (χ1n) is 10.2. The number of amides is 1. The summed E-state index contributed by atoms with van der Waals surface area (Å²) >= 11 is 1.19. The van der Waals surface area contributed by atoms with E-state index < -0.39 is 17.0 Å². The molecule has 0 saturated heterocycles. The second kappa shape index (κ2) is 6.69. The molecule has 0 radical (unpaired) electrons. The molecule has 2 unspecified atom stereocenters. The van der Waals surface area contributed by atoms with E-state index in [1.807, 2.05) is 6.92 Å². The topological polar surface area (TPSA) is 51.4 Å². The minimum atomic E-state index is -0.953. The molecule has 0 spiro atoms. The van der Waals surface area contributed by atoms with Crippen LogP contribution < -0.4 is 4.80 Å². The first-order valence-corrected chi connectivity index (χ1v) is 11.0. The summed E-state index contributed by atoms with van der Waals surface area (Å²) in [5.41, 5.74) is -0.676. The largest absolute Gasteiger partial charge is 0.323 e. The minimum Gasteiger partial charge on any atom is -0.323 e. The number of rotatable bonds is 3. The Bertz CT molecular complexity index is 1070. The SMILES string of the molecule is CCn1cc(-c2ccc(F)cc2F)sc1=NC(=O)C12CC3CC(CC(C3)C1=O)C2. The van der Waals surface area contributed by atoms with Crippen LogP contribution in [0, 0.1) is 34.8 Å². The molecule has 4 saturated carbocycles. The minimum absolute atomic E-state index is 0.0194. The Morgan fingerprint density at radius 3 is 2.62 bits per heavy atom. The van der Waals surface area contributed by atoms with E-state index in [9.17, 15) is 18.4 Å². The van der Waals surface area contributed by atoms with E-state index in [0.29, 0.717) is 40.9 Å². The zero-order valence-electron chi connectivity index (χ0n) is 16.2. The van der Waals surface area contributed by atoms with Crippen molar-refractivity contribution >= 4 is 23.0 Å². The predicted octanol–water partition coefficient (Wildman–Crippen LogP) is 4.34. The Morgan fingerprint density at radius 1 is 1.24 bits per heavy atom. The van der Waals surface area contributed by atoms with Crippen molar-refractivity contribution in [2.75, 3.05) is 0 Å². The van der Waals surface area contributed by atoms with Gasteiger partial charge in [0.15, 0.2) is 10.6 Å². The smallest absolute Gasteiger partial charge is 0.262 e. The molecule has 152 valence electrons. The lowest BCUT2D eigenvalue weighted by Crippen LogP contribution is -2.56. The average molecular weight is 416 g/mol. The number of benzene rings is 1. The van der Waals surface area contributed by atoms with Gasteiger partial charge in [0.2, 0.25) is 0 Å². The van der Waals surface area contributed by atoms with Gasteiger partial charge in [-0.3, -0.25) is 9.59 Å². The van der Waals surface area contributed by atoms with E-state index in [0.717, 1.165) is 25.3 Å². The van der Waals surface area contributed by atoms with Crippen molar-refractivity contribution in [2.45, 2.75) is 45.6 Å². The van der Waals surface area contributed by atoms with Crippen LogP contribution >= 0.6 is 11.3 Å². The molecule has 1 aromatic heterocycles. The van der Waals surface area contributed by atoms with Gasteiger partial charge in [-0.25, -0.2) is 8.78 Å². The molecule has 1 amide bonds. The Kier molecular flexibility index (Phi) is 4.35. The standard InChI is InChI=1S/C22H22F2N2O2S/c1-2-26-11-18(16-4-3-15(23)8-17(16)24)29-21(26)25-20(28)22-9-12-5-13(10-22)7-14(6-12)19(22)27/h3-4,8,11-14H,2,5-7,9-10H2,1H3. The van der Waals surface area contributed by atoms with Gasteiger partial charge in [-0.1, -0.05) is 11.3 Å². The molecule has 1 heterocycles. The highest BCUT2D eigenvalue weighted by atomic mass is 32.1. The van der Waals surface area contributed by atoms with Crippen LogP contribution in [0.2, 0.25) is 0 Å². The number of hydrogen-bond donors (Lipinski definition) is 0. The number of aromatic nitrogens is 1. The summed E-state index contributed by atoms with van der Waals surface area (Å²) in [5, 5.41) is 0. The zero-order chi connectivity index (χ0) is 20.3. The van der Waals surface area contributed by atoms with Crippen LogP contribution in [0.4, 0.5) is 8.78 Å². The molecule has 2 aromatic rings. The van der Waals surface area contributed by atoms with Gasteiger partial charge in [0, 0.05) is 30.3 Å².